The average molecular weight is 526 g/mol. The summed E-state index contributed by atoms with van der Waals surface area (Å²) in [6, 6.07) is 11.3. The molecule has 35 heavy (non-hydrogen) atoms. The Hall–Kier alpha value is -2.65. The number of sulfonamides is 1. The first-order chi connectivity index (χ1) is 16.4. The molecule has 0 radical (unpaired) electrons. The Kier molecular flexibility index (Phi) is 10.5. The van der Waals surface area contributed by atoms with Crippen LogP contribution in [0.3, 0.4) is 0 Å². The van der Waals surface area contributed by atoms with Crippen LogP contribution in [-0.2, 0) is 26.2 Å². The first kappa shape index (κ1) is 28.6. The lowest BCUT2D eigenvalue weighted by atomic mass is 10.1. The Bertz CT molecular complexity index is 1090. The molecule has 0 saturated heterocycles. The Morgan fingerprint density at radius 3 is 2.20 bits per heavy atom. The van der Waals surface area contributed by atoms with Crippen LogP contribution in [0.15, 0.2) is 48.5 Å². The summed E-state index contributed by atoms with van der Waals surface area (Å²) >= 11 is 5.91. The Balaban J connectivity index is 2.15. The maximum atomic E-state index is 13.3. The highest BCUT2D eigenvalue weighted by Gasteiger charge is 2.27. The summed E-state index contributed by atoms with van der Waals surface area (Å²) in [6.07, 6.45) is 2.12. The highest BCUT2D eigenvalue weighted by atomic mass is 35.5. The smallest absolute Gasteiger partial charge is 0.242 e. The van der Waals surface area contributed by atoms with Gasteiger partial charge in [-0.1, -0.05) is 30.7 Å². The van der Waals surface area contributed by atoms with Crippen molar-refractivity contribution in [2.75, 3.05) is 17.1 Å². The van der Waals surface area contributed by atoms with Crippen molar-refractivity contribution in [2.24, 2.45) is 0 Å². The molecule has 0 fully saturated rings. The van der Waals surface area contributed by atoms with E-state index in [9.17, 15) is 22.4 Å². The van der Waals surface area contributed by atoms with Gasteiger partial charge in [0.25, 0.3) is 0 Å². The molecule has 2 amide bonds. The molecular formula is C25H33ClFN3O4S. The van der Waals surface area contributed by atoms with Gasteiger partial charge in [-0.3, -0.25) is 13.9 Å². The summed E-state index contributed by atoms with van der Waals surface area (Å²) in [5.74, 6) is -0.975. The summed E-state index contributed by atoms with van der Waals surface area (Å²) in [5.41, 5.74) is 1.13. The van der Waals surface area contributed by atoms with Crippen molar-refractivity contribution in [1.29, 1.82) is 0 Å². The van der Waals surface area contributed by atoms with Gasteiger partial charge in [-0.05, 0) is 68.7 Å². The topological polar surface area (TPSA) is 86.8 Å². The minimum absolute atomic E-state index is 0.0295. The standard InChI is InChI=1S/C25H33ClFN3O4S/c1-5-18(2)28-25(32)19(3)29(17-20-8-12-22(27)13-9-20)24(31)7-6-16-30(35(4,33)34)23-14-10-21(26)11-15-23/h8-15,18-19H,5-7,16-17H2,1-4H3,(H,28,32)/t18-,19+/m1/s1. The van der Waals surface area contributed by atoms with E-state index in [1.807, 2.05) is 13.8 Å². The lowest BCUT2D eigenvalue weighted by molar-refractivity contribution is -0.140. The second-order valence-electron chi connectivity index (χ2n) is 8.56. The van der Waals surface area contributed by atoms with Gasteiger partial charge in [0.15, 0.2) is 0 Å². The van der Waals surface area contributed by atoms with Gasteiger partial charge in [-0.25, -0.2) is 12.8 Å². The minimum atomic E-state index is -3.58. The van der Waals surface area contributed by atoms with Crippen molar-refractivity contribution in [3.63, 3.8) is 0 Å². The number of anilines is 1. The zero-order valence-corrected chi connectivity index (χ0v) is 22.1. The van der Waals surface area contributed by atoms with E-state index < -0.39 is 21.9 Å². The molecule has 0 heterocycles. The maximum absolute atomic E-state index is 13.3. The number of amides is 2. The fourth-order valence-electron chi connectivity index (χ4n) is 3.45. The summed E-state index contributed by atoms with van der Waals surface area (Å²) in [7, 11) is -3.58. The third-order valence-corrected chi connectivity index (χ3v) is 7.15. The molecule has 192 valence electrons. The van der Waals surface area contributed by atoms with E-state index in [4.69, 9.17) is 11.6 Å². The molecule has 0 bridgehead atoms. The predicted molar refractivity (Wildman–Crippen MR) is 137 cm³/mol. The molecule has 0 aliphatic carbocycles. The van der Waals surface area contributed by atoms with Crippen LogP contribution >= 0.6 is 11.6 Å². The van der Waals surface area contributed by atoms with Crippen molar-refractivity contribution in [1.82, 2.24) is 10.2 Å². The van der Waals surface area contributed by atoms with E-state index >= 15 is 0 Å². The second kappa shape index (κ2) is 12.9. The number of nitrogens with one attached hydrogen (secondary N) is 1. The van der Waals surface area contributed by atoms with Gasteiger partial charge in [-0.15, -0.1) is 0 Å². The van der Waals surface area contributed by atoms with Gasteiger partial charge >= 0.3 is 0 Å². The third-order valence-electron chi connectivity index (χ3n) is 5.70. The molecule has 2 atom stereocenters. The van der Waals surface area contributed by atoms with Crippen molar-refractivity contribution in [3.05, 3.63) is 64.9 Å². The monoisotopic (exact) mass is 525 g/mol. The summed E-state index contributed by atoms with van der Waals surface area (Å²) in [5, 5.41) is 3.37. The molecule has 0 aliphatic rings. The largest absolute Gasteiger partial charge is 0.352 e. The van der Waals surface area contributed by atoms with Crippen LogP contribution in [0.5, 0.6) is 0 Å². The van der Waals surface area contributed by atoms with Gasteiger partial charge in [0.2, 0.25) is 21.8 Å². The van der Waals surface area contributed by atoms with Crippen LogP contribution in [0.25, 0.3) is 0 Å². The number of hydrogen-bond acceptors (Lipinski definition) is 4. The average Bonchev–Trinajstić information content (AvgIpc) is 2.80. The van der Waals surface area contributed by atoms with Gasteiger partial charge in [0.05, 0.1) is 11.9 Å². The molecular weight excluding hydrogens is 493 g/mol. The predicted octanol–water partition coefficient (Wildman–Crippen LogP) is 4.36. The van der Waals surface area contributed by atoms with Crippen molar-refractivity contribution >= 4 is 39.1 Å². The molecule has 0 spiro atoms. The van der Waals surface area contributed by atoms with Crippen LogP contribution in [-0.4, -0.2) is 50.0 Å². The fraction of sp³-hybridized carbons (Fsp3) is 0.440. The van der Waals surface area contributed by atoms with Gasteiger partial charge in [0, 0.05) is 30.6 Å². The lowest BCUT2D eigenvalue weighted by Crippen LogP contribution is -2.49. The molecule has 0 aromatic heterocycles. The quantitative estimate of drug-likeness (QED) is 0.446. The first-order valence-corrected chi connectivity index (χ1v) is 13.7. The number of halogens is 2. The first-order valence-electron chi connectivity index (χ1n) is 11.5. The molecule has 7 nitrogen and oxygen atoms in total. The number of benzene rings is 2. The Morgan fingerprint density at radius 1 is 1.06 bits per heavy atom. The third kappa shape index (κ3) is 8.81. The number of carbonyl (C=O) groups is 2. The zero-order valence-electron chi connectivity index (χ0n) is 20.5. The molecule has 1 N–H and O–H groups in total. The normalized spacial score (nSPS) is 13.1. The molecule has 2 aromatic carbocycles. The van der Waals surface area contributed by atoms with Crippen LogP contribution < -0.4 is 9.62 Å². The molecule has 0 aliphatic heterocycles. The van der Waals surface area contributed by atoms with E-state index in [0.29, 0.717) is 16.3 Å². The van der Waals surface area contributed by atoms with E-state index in [-0.39, 0.29) is 43.8 Å². The molecule has 10 heteroatoms. The zero-order chi connectivity index (χ0) is 26.2. The summed E-state index contributed by atoms with van der Waals surface area (Å²) in [4.78, 5) is 27.4. The van der Waals surface area contributed by atoms with E-state index in [1.54, 1.807) is 43.3 Å². The highest BCUT2D eigenvalue weighted by Crippen LogP contribution is 2.21. The summed E-state index contributed by atoms with van der Waals surface area (Å²) < 4.78 is 39.2. The Labute approximate surface area is 212 Å². The van der Waals surface area contributed by atoms with Crippen molar-refractivity contribution < 1.29 is 22.4 Å². The van der Waals surface area contributed by atoms with Crippen LogP contribution in [0.4, 0.5) is 10.1 Å². The molecule has 0 saturated carbocycles. The van der Waals surface area contributed by atoms with Crippen molar-refractivity contribution in [2.45, 2.75) is 58.7 Å². The minimum Gasteiger partial charge on any atom is -0.352 e. The molecule has 2 rings (SSSR count). The molecule has 2 aromatic rings. The van der Waals surface area contributed by atoms with E-state index in [2.05, 4.69) is 5.32 Å². The number of nitrogens with zero attached hydrogens (tertiary/aromatic N) is 2. The van der Waals surface area contributed by atoms with Crippen LogP contribution in [0.2, 0.25) is 5.02 Å². The second-order valence-corrected chi connectivity index (χ2v) is 10.9. The SMILES string of the molecule is CC[C@@H](C)NC(=O)[C@H](C)N(Cc1ccc(F)cc1)C(=O)CCCN(c1ccc(Cl)cc1)S(C)(=O)=O. The van der Waals surface area contributed by atoms with Crippen molar-refractivity contribution in [3.8, 4) is 0 Å². The fourth-order valence-corrected chi connectivity index (χ4v) is 4.54. The lowest BCUT2D eigenvalue weighted by Gasteiger charge is -2.30. The highest BCUT2D eigenvalue weighted by molar-refractivity contribution is 7.92. The molecule has 0 unspecified atom stereocenters. The number of hydrogen-bond donors (Lipinski definition) is 1. The van der Waals surface area contributed by atoms with E-state index in [0.717, 1.165) is 12.7 Å². The maximum Gasteiger partial charge on any atom is 0.242 e. The number of carbonyl (C=O) groups excluding carboxylic acids is 2. The van der Waals surface area contributed by atoms with Gasteiger partial charge in [-0.2, -0.15) is 0 Å². The van der Waals surface area contributed by atoms with E-state index in [1.165, 1.54) is 21.3 Å². The van der Waals surface area contributed by atoms with Gasteiger partial charge < -0.3 is 10.2 Å². The Morgan fingerprint density at radius 2 is 1.66 bits per heavy atom. The number of rotatable bonds is 12. The van der Waals surface area contributed by atoms with Gasteiger partial charge in [0.1, 0.15) is 11.9 Å². The van der Waals surface area contributed by atoms with Crippen LogP contribution in [0.1, 0.15) is 45.6 Å². The van der Waals surface area contributed by atoms with Crippen LogP contribution in [0, 0.1) is 5.82 Å². The summed E-state index contributed by atoms with van der Waals surface area (Å²) in [6.45, 7) is 5.69.